The largest absolute Gasteiger partial charge is 0.508 e. The Morgan fingerprint density at radius 2 is 2.00 bits per heavy atom. The lowest BCUT2D eigenvalue weighted by atomic mass is 10.0. The summed E-state index contributed by atoms with van der Waals surface area (Å²) < 4.78 is 13.4. The third-order valence-electron chi connectivity index (χ3n) is 4.03. The van der Waals surface area contributed by atoms with Crippen molar-refractivity contribution in [3.8, 4) is 5.75 Å². The van der Waals surface area contributed by atoms with Crippen LogP contribution in [-0.2, 0) is 0 Å². The smallest absolute Gasteiger partial charge is 0.192 e. The number of guanidine groups is 1. The van der Waals surface area contributed by atoms with Crippen molar-refractivity contribution in [3.05, 3.63) is 29.6 Å². The number of hydrogen-bond acceptors (Lipinski definition) is 4. The van der Waals surface area contributed by atoms with Gasteiger partial charge in [0.25, 0.3) is 0 Å². The highest BCUT2D eigenvalue weighted by Crippen LogP contribution is 2.35. The number of nitrogens with two attached hydrogens (primary N) is 1. The highest BCUT2D eigenvalue weighted by atomic mass is 19.1. The number of halogens is 1. The van der Waals surface area contributed by atoms with Gasteiger partial charge in [0.05, 0.1) is 12.6 Å². The van der Waals surface area contributed by atoms with E-state index in [-0.39, 0.29) is 11.8 Å². The van der Waals surface area contributed by atoms with Crippen LogP contribution in [0.5, 0.6) is 5.75 Å². The van der Waals surface area contributed by atoms with Crippen molar-refractivity contribution in [3.63, 3.8) is 0 Å². The molecule has 1 atom stereocenters. The molecule has 102 valence electrons. The molecule has 1 unspecified atom stereocenters. The number of benzene rings is 1. The van der Waals surface area contributed by atoms with Gasteiger partial charge in [-0.2, -0.15) is 0 Å². The van der Waals surface area contributed by atoms with E-state index in [1.807, 2.05) is 0 Å². The van der Waals surface area contributed by atoms with Crippen LogP contribution in [0, 0.1) is 5.82 Å². The molecule has 0 amide bonds. The predicted octanol–water partition coefficient (Wildman–Crippen LogP) is 2.15. The van der Waals surface area contributed by atoms with Crippen LogP contribution >= 0.6 is 0 Å². The average molecular weight is 263 g/mol. The number of aliphatic imine (C=N–C) groups is 1. The Kier molecular flexibility index (Phi) is 3.05. The highest BCUT2D eigenvalue weighted by Gasteiger charge is 2.34. The number of rotatable bonds is 2. The maximum Gasteiger partial charge on any atom is 0.192 e. The molecule has 1 saturated carbocycles. The molecule has 1 fully saturated rings. The van der Waals surface area contributed by atoms with Gasteiger partial charge in [-0.05, 0) is 30.5 Å². The SMILES string of the molecule is NC1=NCC(c2cc(O)cc(F)c2)N1C1CCCC1. The van der Waals surface area contributed by atoms with E-state index < -0.39 is 5.82 Å². The molecular weight excluding hydrogens is 245 g/mol. The molecule has 3 N–H and O–H groups in total. The van der Waals surface area contributed by atoms with Crippen molar-refractivity contribution in [1.82, 2.24) is 4.90 Å². The number of phenolic OH excluding ortho intramolecular Hbond substituents is 1. The summed E-state index contributed by atoms with van der Waals surface area (Å²) in [6.45, 7) is 0.533. The van der Waals surface area contributed by atoms with E-state index in [9.17, 15) is 9.50 Å². The van der Waals surface area contributed by atoms with Crippen LogP contribution in [0.4, 0.5) is 4.39 Å². The van der Waals surface area contributed by atoms with Crippen LogP contribution in [0.3, 0.4) is 0 Å². The van der Waals surface area contributed by atoms with E-state index in [4.69, 9.17) is 5.73 Å². The van der Waals surface area contributed by atoms with Gasteiger partial charge in [0.15, 0.2) is 5.96 Å². The maximum absolute atomic E-state index is 13.4. The Hall–Kier alpha value is -1.78. The first kappa shape index (κ1) is 12.3. The molecule has 2 aliphatic rings. The summed E-state index contributed by atoms with van der Waals surface area (Å²) in [5.74, 6) is 0.0688. The molecule has 0 radical (unpaired) electrons. The van der Waals surface area contributed by atoms with Crippen LogP contribution in [0.15, 0.2) is 23.2 Å². The zero-order valence-corrected chi connectivity index (χ0v) is 10.7. The second kappa shape index (κ2) is 4.72. The zero-order valence-electron chi connectivity index (χ0n) is 10.7. The van der Waals surface area contributed by atoms with Gasteiger partial charge in [-0.3, -0.25) is 4.99 Å². The molecule has 0 spiro atoms. The van der Waals surface area contributed by atoms with Gasteiger partial charge in [-0.25, -0.2) is 4.39 Å². The fourth-order valence-electron chi connectivity index (χ4n) is 3.19. The number of aromatic hydroxyl groups is 1. The minimum Gasteiger partial charge on any atom is -0.508 e. The molecule has 0 aromatic heterocycles. The van der Waals surface area contributed by atoms with Crippen molar-refractivity contribution in [2.45, 2.75) is 37.8 Å². The summed E-state index contributed by atoms with van der Waals surface area (Å²) in [6.07, 6.45) is 4.62. The van der Waals surface area contributed by atoms with E-state index in [1.54, 1.807) is 6.07 Å². The third kappa shape index (κ3) is 2.25. The molecule has 1 aliphatic heterocycles. The van der Waals surface area contributed by atoms with Crippen molar-refractivity contribution in [2.24, 2.45) is 10.7 Å². The summed E-state index contributed by atoms with van der Waals surface area (Å²) in [7, 11) is 0. The van der Waals surface area contributed by atoms with Crippen LogP contribution in [-0.4, -0.2) is 28.6 Å². The molecule has 0 bridgehead atoms. The number of phenols is 1. The monoisotopic (exact) mass is 263 g/mol. The minimum absolute atomic E-state index is 0.0492. The number of hydrogen-bond donors (Lipinski definition) is 2. The first-order valence-electron chi connectivity index (χ1n) is 6.73. The van der Waals surface area contributed by atoms with E-state index >= 15 is 0 Å². The Morgan fingerprint density at radius 3 is 2.68 bits per heavy atom. The van der Waals surface area contributed by atoms with Crippen LogP contribution in [0.25, 0.3) is 0 Å². The summed E-state index contributed by atoms with van der Waals surface area (Å²) in [6, 6.07) is 4.51. The van der Waals surface area contributed by atoms with Gasteiger partial charge in [0.2, 0.25) is 0 Å². The molecule has 1 aromatic rings. The van der Waals surface area contributed by atoms with Gasteiger partial charge in [0.1, 0.15) is 11.6 Å². The normalized spacial score (nSPS) is 23.9. The van der Waals surface area contributed by atoms with E-state index in [2.05, 4.69) is 9.89 Å². The van der Waals surface area contributed by atoms with E-state index in [0.29, 0.717) is 18.5 Å². The van der Waals surface area contributed by atoms with Crippen molar-refractivity contribution in [1.29, 1.82) is 0 Å². The quantitative estimate of drug-likeness (QED) is 0.859. The van der Waals surface area contributed by atoms with Crippen LogP contribution < -0.4 is 5.73 Å². The van der Waals surface area contributed by atoms with Gasteiger partial charge in [-0.15, -0.1) is 0 Å². The first-order valence-corrected chi connectivity index (χ1v) is 6.73. The van der Waals surface area contributed by atoms with Crippen molar-refractivity contribution in [2.75, 3.05) is 6.54 Å². The average Bonchev–Trinajstić information content (AvgIpc) is 2.96. The summed E-state index contributed by atoms with van der Waals surface area (Å²) in [5, 5.41) is 9.54. The Morgan fingerprint density at radius 1 is 1.26 bits per heavy atom. The molecule has 1 heterocycles. The summed E-state index contributed by atoms with van der Waals surface area (Å²) in [5.41, 5.74) is 6.73. The van der Waals surface area contributed by atoms with Gasteiger partial charge in [-0.1, -0.05) is 12.8 Å². The lowest BCUT2D eigenvalue weighted by molar-refractivity contribution is 0.261. The molecule has 3 rings (SSSR count). The van der Waals surface area contributed by atoms with E-state index in [0.717, 1.165) is 24.5 Å². The van der Waals surface area contributed by atoms with Crippen molar-refractivity contribution < 1.29 is 9.50 Å². The zero-order chi connectivity index (χ0) is 13.4. The first-order chi connectivity index (χ1) is 9.15. The Labute approximate surface area is 111 Å². The standard InChI is InChI=1S/C14H18FN3O/c15-10-5-9(6-12(19)7-10)13-8-17-14(16)18(13)11-3-1-2-4-11/h5-7,11,13,19H,1-4,8H2,(H2,16,17). The topological polar surface area (TPSA) is 61.9 Å². The Bertz CT molecular complexity index is 491. The molecule has 19 heavy (non-hydrogen) atoms. The maximum atomic E-state index is 13.4. The molecule has 5 heteroatoms. The second-order valence-corrected chi connectivity index (χ2v) is 5.30. The molecular formula is C14H18FN3O. The predicted molar refractivity (Wildman–Crippen MR) is 71.4 cm³/mol. The van der Waals surface area contributed by atoms with Crippen LogP contribution in [0.1, 0.15) is 37.3 Å². The highest BCUT2D eigenvalue weighted by molar-refractivity contribution is 5.80. The van der Waals surface area contributed by atoms with Gasteiger partial charge in [0, 0.05) is 12.1 Å². The fourth-order valence-corrected chi connectivity index (χ4v) is 3.19. The van der Waals surface area contributed by atoms with Gasteiger partial charge < -0.3 is 15.7 Å². The Balaban J connectivity index is 1.90. The number of nitrogens with zero attached hydrogens (tertiary/aromatic N) is 2. The van der Waals surface area contributed by atoms with Gasteiger partial charge >= 0.3 is 0 Å². The second-order valence-electron chi connectivity index (χ2n) is 5.30. The van der Waals surface area contributed by atoms with E-state index in [1.165, 1.54) is 18.9 Å². The molecule has 1 aromatic carbocycles. The van der Waals surface area contributed by atoms with Crippen LogP contribution in [0.2, 0.25) is 0 Å². The molecule has 0 saturated heterocycles. The summed E-state index contributed by atoms with van der Waals surface area (Å²) >= 11 is 0. The molecule has 4 nitrogen and oxygen atoms in total. The lowest BCUT2D eigenvalue weighted by Gasteiger charge is -2.32. The summed E-state index contributed by atoms with van der Waals surface area (Å²) in [4.78, 5) is 6.39. The molecule has 1 aliphatic carbocycles. The fraction of sp³-hybridized carbons (Fsp3) is 0.500. The minimum atomic E-state index is -0.424. The van der Waals surface area contributed by atoms with Crippen molar-refractivity contribution >= 4 is 5.96 Å². The lowest BCUT2D eigenvalue weighted by Crippen LogP contribution is -2.42. The third-order valence-corrected chi connectivity index (χ3v) is 4.03.